The van der Waals surface area contributed by atoms with Crippen molar-refractivity contribution in [1.29, 1.82) is 0 Å². The Hall–Kier alpha value is -3.69. The van der Waals surface area contributed by atoms with Crippen molar-refractivity contribution >= 4 is 5.78 Å². The molecule has 0 radical (unpaired) electrons. The van der Waals surface area contributed by atoms with E-state index in [9.17, 15) is 4.79 Å². The summed E-state index contributed by atoms with van der Waals surface area (Å²) in [7, 11) is 0. The fraction of sp³-hybridized carbons (Fsp3) is 0.370. The molecule has 188 valence electrons. The minimum atomic E-state index is -0.00120. The largest absolute Gasteiger partial charge is 0.309 e. The smallest absolute Gasteiger partial charge is 0.193 e. The maximum atomic E-state index is 13.0. The molecule has 2 N–H and O–H groups in total. The highest BCUT2D eigenvalue weighted by Crippen LogP contribution is 2.14. The zero-order valence-electron chi connectivity index (χ0n) is 21.3. The van der Waals surface area contributed by atoms with E-state index in [1.807, 2.05) is 70.3 Å². The van der Waals surface area contributed by atoms with Crippen LogP contribution in [0.4, 0.5) is 0 Å². The second kappa shape index (κ2) is 11.8. The van der Waals surface area contributed by atoms with Gasteiger partial charge in [-0.1, -0.05) is 86.7 Å². The summed E-state index contributed by atoms with van der Waals surface area (Å²) in [4.78, 5) is 13.0. The summed E-state index contributed by atoms with van der Waals surface area (Å²) in [5.74, 6) is -0.00120. The fourth-order valence-corrected chi connectivity index (χ4v) is 3.67. The highest BCUT2D eigenvalue weighted by molar-refractivity contribution is 6.09. The van der Waals surface area contributed by atoms with E-state index in [0.717, 1.165) is 22.5 Å². The molecule has 0 aliphatic carbocycles. The summed E-state index contributed by atoms with van der Waals surface area (Å²) < 4.78 is 3.62. The van der Waals surface area contributed by atoms with E-state index >= 15 is 0 Å². The monoisotopic (exact) mass is 486 g/mol. The lowest BCUT2D eigenvalue weighted by Gasteiger charge is -2.06. The van der Waals surface area contributed by atoms with Crippen LogP contribution in [0.2, 0.25) is 0 Å². The molecule has 9 heteroatoms. The molecule has 2 heterocycles. The SMILES string of the molecule is CC(C)NCc1cn(Cc2ccc(C(=O)c3ccc(Cn4cc(CNC(C)C)nn4)cc3)cc2)nn1. The van der Waals surface area contributed by atoms with Gasteiger partial charge in [-0.05, 0) is 11.1 Å². The third-order valence-corrected chi connectivity index (χ3v) is 5.68. The van der Waals surface area contributed by atoms with E-state index in [4.69, 9.17) is 0 Å². The molecular weight excluding hydrogens is 452 g/mol. The second-order valence-corrected chi connectivity index (χ2v) is 9.61. The van der Waals surface area contributed by atoms with Crippen LogP contribution in [0.15, 0.2) is 60.9 Å². The fourth-order valence-electron chi connectivity index (χ4n) is 3.67. The van der Waals surface area contributed by atoms with Gasteiger partial charge in [0.05, 0.1) is 36.9 Å². The van der Waals surface area contributed by atoms with E-state index in [1.54, 1.807) is 0 Å². The molecule has 0 saturated carbocycles. The van der Waals surface area contributed by atoms with Crippen LogP contribution >= 0.6 is 0 Å². The van der Waals surface area contributed by atoms with Crippen LogP contribution in [0.1, 0.15) is 66.1 Å². The number of nitrogens with zero attached hydrogens (tertiary/aromatic N) is 6. The van der Waals surface area contributed by atoms with Gasteiger partial charge >= 0.3 is 0 Å². The van der Waals surface area contributed by atoms with E-state index in [1.165, 1.54) is 0 Å². The van der Waals surface area contributed by atoms with E-state index in [0.29, 0.717) is 49.4 Å². The van der Waals surface area contributed by atoms with Crippen LogP contribution in [-0.2, 0) is 26.2 Å². The molecule has 0 aliphatic heterocycles. The highest BCUT2D eigenvalue weighted by Gasteiger charge is 2.10. The predicted molar refractivity (Wildman–Crippen MR) is 139 cm³/mol. The lowest BCUT2D eigenvalue weighted by atomic mass is 10.0. The van der Waals surface area contributed by atoms with E-state index in [-0.39, 0.29) is 5.78 Å². The Morgan fingerprint density at radius 2 is 1.08 bits per heavy atom. The van der Waals surface area contributed by atoms with Gasteiger partial charge in [0.15, 0.2) is 5.78 Å². The number of rotatable bonds is 12. The average Bonchev–Trinajstić information content (AvgIpc) is 3.51. The zero-order chi connectivity index (χ0) is 25.5. The number of carbonyl (C=O) groups excluding carboxylic acids is 1. The van der Waals surface area contributed by atoms with Gasteiger partial charge in [0, 0.05) is 36.3 Å². The Morgan fingerprint density at radius 3 is 1.44 bits per heavy atom. The van der Waals surface area contributed by atoms with E-state index in [2.05, 4.69) is 59.0 Å². The first-order valence-corrected chi connectivity index (χ1v) is 12.3. The molecule has 9 nitrogen and oxygen atoms in total. The summed E-state index contributed by atoms with van der Waals surface area (Å²) in [5.41, 5.74) is 5.26. The van der Waals surface area contributed by atoms with E-state index < -0.39 is 0 Å². The molecule has 2 aromatic carbocycles. The van der Waals surface area contributed by atoms with Crippen molar-refractivity contribution in [3.8, 4) is 0 Å². The van der Waals surface area contributed by atoms with Gasteiger partial charge in [0.2, 0.25) is 0 Å². The standard InChI is InChI=1S/C27H34N8O/c1-19(2)28-13-25-17-34(32-30-25)15-21-5-9-23(10-6-21)27(36)24-11-7-22(8-12-24)16-35-18-26(31-33-35)14-29-20(3)4/h5-12,17-20,28-29H,13-16H2,1-4H3. The molecule has 4 rings (SSSR count). The van der Waals surface area contributed by atoms with Crippen molar-refractivity contribution in [2.24, 2.45) is 0 Å². The van der Waals surface area contributed by atoms with Gasteiger partial charge in [-0.3, -0.25) is 4.79 Å². The minimum Gasteiger partial charge on any atom is -0.309 e. The predicted octanol–water partition coefficient (Wildman–Crippen LogP) is 3.19. The number of carbonyl (C=O) groups is 1. The first kappa shape index (κ1) is 25.4. The first-order valence-electron chi connectivity index (χ1n) is 12.3. The Bertz CT molecular complexity index is 1160. The maximum absolute atomic E-state index is 13.0. The third-order valence-electron chi connectivity index (χ3n) is 5.68. The molecule has 0 saturated heterocycles. The first-order chi connectivity index (χ1) is 17.4. The average molecular weight is 487 g/mol. The molecule has 0 spiro atoms. The van der Waals surface area contributed by atoms with Crippen molar-refractivity contribution in [3.63, 3.8) is 0 Å². The van der Waals surface area contributed by atoms with Gasteiger partial charge < -0.3 is 10.6 Å². The number of nitrogens with one attached hydrogen (secondary N) is 2. The quantitative estimate of drug-likeness (QED) is 0.297. The lowest BCUT2D eigenvalue weighted by Crippen LogP contribution is -2.21. The van der Waals surface area contributed by atoms with Crippen molar-refractivity contribution in [2.45, 2.75) is 66.0 Å². The Balaban J connectivity index is 1.32. The molecule has 0 unspecified atom stereocenters. The molecule has 36 heavy (non-hydrogen) atoms. The molecular formula is C27H34N8O. The molecule has 4 aromatic rings. The van der Waals surface area contributed by atoms with Gasteiger partial charge in [-0.25, -0.2) is 9.36 Å². The van der Waals surface area contributed by atoms with Gasteiger partial charge in [0.1, 0.15) is 0 Å². The maximum Gasteiger partial charge on any atom is 0.193 e. The summed E-state index contributed by atoms with van der Waals surface area (Å²) in [6, 6.07) is 16.1. The van der Waals surface area contributed by atoms with Crippen LogP contribution in [-0.4, -0.2) is 47.9 Å². The number of hydrogen-bond acceptors (Lipinski definition) is 7. The molecule has 0 atom stereocenters. The van der Waals surface area contributed by atoms with Gasteiger partial charge in [-0.15, -0.1) is 10.2 Å². The number of hydrogen-bond donors (Lipinski definition) is 2. The summed E-state index contributed by atoms with van der Waals surface area (Å²) in [6.45, 7) is 11.0. The number of aromatic nitrogens is 6. The lowest BCUT2D eigenvalue weighted by molar-refractivity contribution is 0.103. The zero-order valence-corrected chi connectivity index (χ0v) is 21.3. The summed E-state index contributed by atoms with van der Waals surface area (Å²) in [6.07, 6.45) is 3.89. The van der Waals surface area contributed by atoms with Gasteiger partial charge in [0.25, 0.3) is 0 Å². The van der Waals surface area contributed by atoms with Crippen molar-refractivity contribution in [3.05, 3.63) is 94.6 Å². The second-order valence-electron chi connectivity index (χ2n) is 9.61. The van der Waals surface area contributed by atoms with Crippen LogP contribution in [0.5, 0.6) is 0 Å². The molecule has 0 aliphatic rings. The van der Waals surface area contributed by atoms with Crippen LogP contribution in [0, 0.1) is 0 Å². The highest BCUT2D eigenvalue weighted by atomic mass is 16.1. The molecule has 2 aromatic heterocycles. The Labute approximate surface area is 211 Å². The van der Waals surface area contributed by atoms with Crippen LogP contribution < -0.4 is 10.6 Å². The molecule has 0 bridgehead atoms. The van der Waals surface area contributed by atoms with Crippen LogP contribution in [0.3, 0.4) is 0 Å². The number of ketones is 1. The summed E-state index contributed by atoms with van der Waals surface area (Å²) in [5, 5.41) is 23.5. The van der Waals surface area contributed by atoms with Crippen molar-refractivity contribution in [2.75, 3.05) is 0 Å². The topological polar surface area (TPSA) is 103 Å². The van der Waals surface area contributed by atoms with Gasteiger partial charge in [-0.2, -0.15) is 0 Å². The van der Waals surface area contributed by atoms with Crippen molar-refractivity contribution < 1.29 is 4.79 Å². The Kier molecular flexibility index (Phi) is 8.35. The molecule has 0 fully saturated rings. The molecule has 0 amide bonds. The normalized spacial score (nSPS) is 11.5. The number of benzene rings is 2. The van der Waals surface area contributed by atoms with Crippen molar-refractivity contribution in [1.82, 2.24) is 40.6 Å². The van der Waals surface area contributed by atoms with Crippen LogP contribution in [0.25, 0.3) is 0 Å². The minimum absolute atomic E-state index is 0.00120. The summed E-state index contributed by atoms with van der Waals surface area (Å²) >= 11 is 0. The Morgan fingerprint density at radius 1 is 0.694 bits per heavy atom. The third kappa shape index (κ3) is 7.16.